The average Bonchev–Trinajstić information content (AvgIpc) is 2.84. The number of hydrogen-bond donors (Lipinski definition) is 1. The Bertz CT molecular complexity index is 542. The number of carbonyl (C=O) groups excluding carboxylic acids is 1. The number of aliphatic carboxylic acids is 1. The maximum absolute atomic E-state index is 12.9. The molecule has 0 bridgehead atoms. The summed E-state index contributed by atoms with van der Waals surface area (Å²) in [4.78, 5) is 24.5. The number of hydrogen-bond acceptors (Lipinski definition) is 3. The zero-order chi connectivity index (χ0) is 24.9. The van der Waals surface area contributed by atoms with Gasteiger partial charge in [-0.2, -0.15) is 0 Å². The van der Waals surface area contributed by atoms with Gasteiger partial charge in [0.2, 0.25) is 0 Å². The van der Waals surface area contributed by atoms with E-state index in [2.05, 4.69) is 13.8 Å². The molecule has 0 saturated carbocycles. The van der Waals surface area contributed by atoms with Gasteiger partial charge in [0, 0.05) is 0 Å². The molecular formula is C30H54O4. The summed E-state index contributed by atoms with van der Waals surface area (Å²) in [6.45, 7) is 4.50. The predicted octanol–water partition coefficient (Wildman–Crippen LogP) is 9.02. The van der Waals surface area contributed by atoms with Crippen molar-refractivity contribution in [3.63, 3.8) is 0 Å². The second-order valence-electron chi connectivity index (χ2n) is 10.4. The third-order valence-corrected chi connectivity index (χ3v) is 7.30. The third kappa shape index (κ3) is 14.8. The van der Waals surface area contributed by atoms with Gasteiger partial charge in [0.25, 0.3) is 0 Å². The summed E-state index contributed by atoms with van der Waals surface area (Å²) < 4.78 is 5.94. The van der Waals surface area contributed by atoms with E-state index in [1.165, 1.54) is 96.3 Å². The zero-order valence-corrected chi connectivity index (χ0v) is 22.4. The summed E-state index contributed by atoms with van der Waals surface area (Å²) in [5.74, 6) is -2.49. The molecule has 3 atom stereocenters. The molecule has 4 nitrogen and oxygen atoms in total. The van der Waals surface area contributed by atoms with Gasteiger partial charge in [-0.3, -0.25) is 9.59 Å². The molecule has 0 saturated heterocycles. The van der Waals surface area contributed by atoms with E-state index in [0.717, 1.165) is 32.1 Å². The Morgan fingerprint density at radius 3 is 1.65 bits per heavy atom. The predicted molar refractivity (Wildman–Crippen MR) is 142 cm³/mol. The quantitative estimate of drug-likeness (QED) is 0.0957. The first-order valence-electron chi connectivity index (χ1n) is 14.7. The van der Waals surface area contributed by atoms with E-state index in [9.17, 15) is 14.7 Å². The molecule has 0 heterocycles. The molecule has 1 N–H and O–H groups in total. The van der Waals surface area contributed by atoms with Gasteiger partial charge in [0.1, 0.15) is 6.10 Å². The minimum absolute atomic E-state index is 0.0676. The molecular weight excluding hydrogens is 424 g/mol. The molecule has 0 aromatic rings. The highest BCUT2D eigenvalue weighted by molar-refractivity contribution is 5.83. The lowest BCUT2D eigenvalue weighted by atomic mass is 9.84. The fourth-order valence-electron chi connectivity index (χ4n) is 5.05. The molecule has 1 aliphatic carbocycles. The maximum atomic E-state index is 12.9. The van der Waals surface area contributed by atoms with Crippen molar-refractivity contribution in [1.29, 1.82) is 0 Å². The number of esters is 1. The highest BCUT2D eigenvalue weighted by Crippen LogP contribution is 2.28. The lowest BCUT2D eigenvalue weighted by molar-refractivity contribution is -0.160. The van der Waals surface area contributed by atoms with Crippen molar-refractivity contribution in [1.82, 2.24) is 0 Å². The molecule has 34 heavy (non-hydrogen) atoms. The van der Waals surface area contributed by atoms with Crippen molar-refractivity contribution < 1.29 is 19.4 Å². The van der Waals surface area contributed by atoms with Crippen LogP contribution in [0.5, 0.6) is 0 Å². The second kappa shape index (κ2) is 21.0. The Morgan fingerprint density at radius 1 is 0.765 bits per heavy atom. The number of carboxylic acids is 1. The topological polar surface area (TPSA) is 63.6 Å². The van der Waals surface area contributed by atoms with Crippen LogP contribution < -0.4 is 0 Å². The standard InChI is InChI=1S/C30H54O4/c1-3-5-7-9-11-12-13-15-17-19-23-26(22-18-16-14-10-8-6-4-2)34-30(33)28-25-21-20-24-27(28)29(31)32/h21,25-28H,3-20,22-24H2,1-2H3,(H,31,32). The Hall–Kier alpha value is -1.32. The molecule has 1 aliphatic rings. The average molecular weight is 479 g/mol. The molecule has 0 amide bonds. The summed E-state index contributed by atoms with van der Waals surface area (Å²) in [6.07, 6.45) is 28.4. The first-order valence-corrected chi connectivity index (χ1v) is 14.7. The highest BCUT2D eigenvalue weighted by Gasteiger charge is 2.35. The number of rotatable bonds is 22. The Balaban J connectivity index is 2.38. The number of allylic oxidation sites excluding steroid dienone is 1. The van der Waals surface area contributed by atoms with Crippen LogP contribution in [0.3, 0.4) is 0 Å². The van der Waals surface area contributed by atoms with Crippen LogP contribution in [0.25, 0.3) is 0 Å². The molecule has 0 aliphatic heterocycles. The number of unbranched alkanes of at least 4 members (excludes halogenated alkanes) is 15. The van der Waals surface area contributed by atoms with Gasteiger partial charge in [-0.05, 0) is 38.5 Å². The summed E-state index contributed by atoms with van der Waals surface area (Å²) in [5.41, 5.74) is 0. The van der Waals surface area contributed by atoms with Gasteiger partial charge in [-0.1, -0.05) is 122 Å². The number of carboxylic acid groups (broad SMARTS) is 1. The zero-order valence-electron chi connectivity index (χ0n) is 22.4. The molecule has 0 aromatic carbocycles. The van der Waals surface area contributed by atoms with E-state index in [4.69, 9.17) is 4.74 Å². The van der Waals surface area contributed by atoms with Gasteiger partial charge in [-0.25, -0.2) is 0 Å². The van der Waals surface area contributed by atoms with Crippen molar-refractivity contribution in [2.75, 3.05) is 0 Å². The van der Waals surface area contributed by atoms with E-state index in [0.29, 0.717) is 6.42 Å². The minimum atomic E-state index is -0.885. The van der Waals surface area contributed by atoms with Crippen LogP contribution >= 0.6 is 0 Å². The summed E-state index contributed by atoms with van der Waals surface area (Å²) in [6, 6.07) is 0. The van der Waals surface area contributed by atoms with E-state index in [-0.39, 0.29) is 12.1 Å². The Kier molecular flexibility index (Phi) is 19.0. The minimum Gasteiger partial charge on any atom is -0.481 e. The van der Waals surface area contributed by atoms with Crippen LogP contribution in [0.4, 0.5) is 0 Å². The van der Waals surface area contributed by atoms with Crippen molar-refractivity contribution in [3.8, 4) is 0 Å². The van der Waals surface area contributed by atoms with E-state index >= 15 is 0 Å². The van der Waals surface area contributed by atoms with Crippen molar-refractivity contribution in [3.05, 3.63) is 12.2 Å². The van der Waals surface area contributed by atoms with Crippen LogP contribution in [-0.2, 0) is 14.3 Å². The molecule has 1 rings (SSSR count). The summed E-state index contributed by atoms with van der Waals surface area (Å²) in [7, 11) is 0. The number of carbonyl (C=O) groups is 2. The fraction of sp³-hybridized carbons (Fsp3) is 0.867. The summed E-state index contributed by atoms with van der Waals surface area (Å²) >= 11 is 0. The first kappa shape index (κ1) is 30.7. The van der Waals surface area contributed by atoms with E-state index in [1.807, 2.05) is 6.08 Å². The lowest BCUT2D eigenvalue weighted by Gasteiger charge is -2.26. The molecule has 4 heteroatoms. The Labute approximate surface area is 210 Å². The van der Waals surface area contributed by atoms with E-state index in [1.54, 1.807) is 6.08 Å². The first-order chi connectivity index (χ1) is 16.6. The SMILES string of the molecule is CCCCCCCCCCCCC(CCCCCCCCC)OC(=O)C1C=CCCC1C(=O)O. The Morgan fingerprint density at radius 2 is 1.21 bits per heavy atom. The molecule has 3 unspecified atom stereocenters. The number of ether oxygens (including phenoxy) is 1. The van der Waals surface area contributed by atoms with Crippen LogP contribution in [0, 0.1) is 11.8 Å². The monoisotopic (exact) mass is 478 g/mol. The maximum Gasteiger partial charge on any atom is 0.313 e. The van der Waals surface area contributed by atoms with Crippen LogP contribution in [0.1, 0.15) is 149 Å². The fourth-order valence-corrected chi connectivity index (χ4v) is 5.05. The van der Waals surface area contributed by atoms with Gasteiger partial charge in [0.15, 0.2) is 0 Å². The highest BCUT2D eigenvalue weighted by atomic mass is 16.5. The normalized spacial score (nSPS) is 18.6. The molecule has 198 valence electrons. The van der Waals surface area contributed by atoms with Gasteiger partial charge in [-0.15, -0.1) is 0 Å². The van der Waals surface area contributed by atoms with Crippen molar-refractivity contribution in [2.45, 2.75) is 155 Å². The largest absolute Gasteiger partial charge is 0.481 e. The summed E-state index contributed by atoms with van der Waals surface area (Å²) in [5, 5.41) is 9.52. The van der Waals surface area contributed by atoms with Crippen LogP contribution in [0.2, 0.25) is 0 Å². The smallest absolute Gasteiger partial charge is 0.313 e. The molecule has 0 spiro atoms. The van der Waals surface area contributed by atoms with E-state index < -0.39 is 17.8 Å². The van der Waals surface area contributed by atoms with Crippen LogP contribution in [-0.4, -0.2) is 23.1 Å². The van der Waals surface area contributed by atoms with Crippen LogP contribution in [0.15, 0.2) is 12.2 Å². The second-order valence-corrected chi connectivity index (χ2v) is 10.4. The van der Waals surface area contributed by atoms with Gasteiger partial charge in [0.05, 0.1) is 11.8 Å². The molecule has 0 radical (unpaired) electrons. The van der Waals surface area contributed by atoms with Gasteiger partial charge >= 0.3 is 11.9 Å². The lowest BCUT2D eigenvalue weighted by Crippen LogP contribution is -2.33. The van der Waals surface area contributed by atoms with Crippen molar-refractivity contribution in [2.24, 2.45) is 11.8 Å². The van der Waals surface area contributed by atoms with Crippen molar-refractivity contribution >= 4 is 11.9 Å². The molecule has 0 fully saturated rings. The molecule has 0 aromatic heterocycles. The third-order valence-electron chi connectivity index (χ3n) is 7.30. The van der Waals surface area contributed by atoms with Gasteiger partial charge < -0.3 is 9.84 Å².